The fourth-order valence-electron chi connectivity index (χ4n) is 7.99. The van der Waals surface area contributed by atoms with Crippen LogP contribution in [0.15, 0.2) is 85.1 Å². The van der Waals surface area contributed by atoms with E-state index in [1.807, 2.05) is 6.08 Å². The van der Waals surface area contributed by atoms with Gasteiger partial charge < -0.3 is 14.2 Å². The van der Waals surface area contributed by atoms with Crippen molar-refractivity contribution in [1.82, 2.24) is 0 Å². The molecule has 0 aliphatic heterocycles. The van der Waals surface area contributed by atoms with Gasteiger partial charge in [-0.1, -0.05) is 254 Å². The van der Waals surface area contributed by atoms with Crippen LogP contribution in [-0.2, 0) is 28.6 Å². The van der Waals surface area contributed by atoms with Crippen molar-refractivity contribution in [2.45, 2.75) is 284 Å². The molecule has 1 atom stereocenters. The first-order chi connectivity index (χ1) is 34.0. The summed E-state index contributed by atoms with van der Waals surface area (Å²) in [5.41, 5.74) is 0. The lowest BCUT2D eigenvalue weighted by Gasteiger charge is -2.18. The van der Waals surface area contributed by atoms with Gasteiger partial charge in [0.05, 0.1) is 0 Å². The third-order valence-electron chi connectivity index (χ3n) is 12.4. The zero-order chi connectivity index (χ0) is 50.0. The molecule has 0 spiro atoms. The molecule has 0 rings (SSSR count). The molecule has 0 unspecified atom stereocenters. The second kappa shape index (κ2) is 57.2. The second-order valence-electron chi connectivity index (χ2n) is 19.2. The first-order valence-corrected chi connectivity index (χ1v) is 29.1. The highest BCUT2D eigenvalue weighted by Crippen LogP contribution is 2.16. The van der Waals surface area contributed by atoms with Gasteiger partial charge in [0, 0.05) is 19.3 Å². The zero-order valence-corrected chi connectivity index (χ0v) is 45.3. The lowest BCUT2D eigenvalue weighted by Crippen LogP contribution is -2.30. The van der Waals surface area contributed by atoms with Gasteiger partial charge in [-0.3, -0.25) is 14.4 Å². The number of hydrogen-bond donors (Lipinski definition) is 0. The van der Waals surface area contributed by atoms with E-state index in [0.717, 1.165) is 89.9 Å². The molecule has 0 N–H and O–H groups in total. The predicted octanol–water partition coefficient (Wildman–Crippen LogP) is 19.5. The summed E-state index contributed by atoms with van der Waals surface area (Å²) in [6.07, 6.45) is 74.4. The molecule has 396 valence electrons. The van der Waals surface area contributed by atoms with Crippen molar-refractivity contribution in [2.24, 2.45) is 0 Å². The van der Waals surface area contributed by atoms with Crippen LogP contribution in [0.2, 0.25) is 0 Å². The van der Waals surface area contributed by atoms with Gasteiger partial charge in [0.25, 0.3) is 0 Å². The first-order valence-electron chi connectivity index (χ1n) is 29.1. The van der Waals surface area contributed by atoms with Crippen molar-refractivity contribution in [1.29, 1.82) is 0 Å². The van der Waals surface area contributed by atoms with Crippen LogP contribution in [0.3, 0.4) is 0 Å². The Labute approximate surface area is 426 Å². The Morgan fingerprint density at radius 1 is 0.290 bits per heavy atom. The molecule has 0 aliphatic rings. The van der Waals surface area contributed by atoms with Crippen LogP contribution in [0.4, 0.5) is 0 Å². The average Bonchev–Trinajstić information content (AvgIpc) is 3.35. The van der Waals surface area contributed by atoms with E-state index >= 15 is 0 Å². The van der Waals surface area contributed by atoms with Gasteiger partial charge in [0.15, 0.2) is 6.10 Å². The number of unbranched alkanes of at least 4 members (excludes halogenated alkanes) is 27. The fraction of sp³-hybridized carbons (Fsp3) is 0.730. The summed E-state index contributed by atoms with van der Waals surface area (Å²) >= 11 is 0. The Balaban J connectivity index is 4.49. The Kier molecular flexibility index (Phi) is 54.3. The molecule has 0 aromatic rings. The third kappa shape index (κ3) is 55.4. The standard InChI is InChI=1S/C63H108O6/c1-4-7-10-13-16-19-22-25-28-30-31-33-36-38-41-44-47-50-53-56-62(65)68-59-60(69-63(66)57-54-51-48-45-42-39-34-27-24-21-18-15-12-9-6-3)58-67-61(64)55-52-49-46-43-40-37-35-32-29-26-23-20-17-14-11-8-5-2/h16,18-19,21,25,27-28,31,33-34,38,41,47,50,60H,4-15,17,20,22-24,26,29-30,32,35-37,39-40,42-46,48-49,51-59H2,1-3H3/b19-16-,21-18-,28-25-,33-31-,34-27-,41-38-,50-47-/t60-/m0/s1. The lowest BCUT2D eigenvalue weighted by molar-refractivity contribution is -0.166. The minimum Gasteiger partial charge on any atom is -0.462 e. The Hall–Kier alpha value is -3.41. The Bertz CT molecular complexity index is 1330. The van der Waals surface area contributed by atoms with Gasteiger partial charge >= 0.3 is 17.9 Å². The molecule has 0 amide bonds. The number of carbonyl (C=O) groups excluding carboxylic acids is 3. The SMILES string of the molecule is CCCCC/C=C\C/C=C\C/C=C\C/C=C\C/C=C\CCC(=O)OC[C@H](COC(=O)CCCCCCCCCCCCCCCCCCC)OC(=O)CCCCCCC/C=C\C/C=C\CCCCC. The number of rotatable bonds is 52. The molecule has 0 saturated heterocycles. The van der Waals surface area contributed by atoms with Gasteiger partial charge in [0.1, 0.15) is 13.2 Å². The molecule has 0 aromatic carbocycles. The smallest absolute Gasteiger partial charge is 0.306 e. The highest BCUT2D eigenvalue weighted by Gasteiger charge is 2.19. The number of allylic oxidation sites excluding steroid dienone is 14. The van der Waals surface area contributed by atoms with E-state index < -0.39 is 6.10 Å². The Morgan fingerprint density at radius 2 is 0.551 bits per heavy atom. The van der Waals surface area contributed by atoms with Gasteiger partial charge in [-0.2, -0.15) is 0 Å². The molecular formula is C63H108O6. The minimum absolute atomic E-state index is 0.103. The van der Waals surface area contributed by atoms with E-state index in [9.17, 15) is 14.4 Å². The summed E-state index contributed by atoms with van der Waals surface area (Å²) in [4.78, 5) is 38.1. The van der Waals surface area contributed by atoms with E-state index in [0.29, 0.717) is 19.3 Å². The van der Waals surface area contributed by atoms with Gasteiger partial charge in [0.2, 0.25) is 0 Å². The molecule has 6 nitrogen and oxygen atoms in total. The van der Waals surface area contributed by atoms with Crippen LogP contribution in [0.1, 0.15) is 278 Å². The third-order valence-corrected chi connectivity index (χ3v) is 12.4. The molecule has 0 radical (unpaired) electrons. The maximum absolute atomic E-state index is 12.8. The van der Waals surface area contributed by atoms with Crippen molar-refractivity contribution in [3.63, 3.8) is 0 Å². The van der Waals surface area contributed by atoms with E-state index in [-0.39, 0.29) is 37.5 Å². The quantitative estimate of drug-likeness (QED) is 0.0262. The van der Waals surface area contributed by atoms with E-state index in [4.69, 9.17) is 14.2 Å². The fourth-order valence-corrected chi connectivity index (χ4v) is 7.99. The van der Waals surface area contributed by atoms with Crippen molar-refractivity contribution >= 4 is 17.9 Å². The van der Waals surface area contributed by atoms with Crippen molar-refractivity contribution < 1.29 is 28.6 Å². The minimum atomic E-state index is -0.813. The van der Waals surface area contributed by atoms with Crippen LogP contribution in [0.5, 0.6) is 0 Å². The summed E-state index contributed by atoms with van der Waals surface area (Å²) in [5, 5.41) is 0. The van der Waals surface area contributed by atoms with Crippen molar-refractivity contribution in [2.75, 3.05) is 13.2 Å². The monoisotopic (exact) mass is 961 g/mol. The summed E-state index contributed by atoms with van der Waals surface area (Å²) in [6.45, 7) is 6.53. The maximum atomic E-state index is 12.8. The number of carbonyl (C=O) groups is 3. The highest BCUT2D eigenvalue weighted by atomic mass is 16.6. The van der Waals surface area contributed by atoms with Gasteiger partial charge in [-0.05, 0) is 89.9 Å². The highest BCUT2D eigenvalue weighted by molar-refractivity contribution is 5.71. The second-order valence-corrected chi connectivity index (χ2v) is 19.2. The predicted molar refractivity (Wildman–Crippen MR) is 297 cm³/mol. The van der Waals surface area contributed by atoms with Crippen LogP contribution < -0.4 is 0 Å². The topological polar surface area (TPSA) is 78.9 Å². The van der Waals surface area contributed by atoms with Crippen molar-refractivity contribution in [3.05, 3.63) is 85.1 Å². The van der Waals surface area contributed by atoms with Gasteiger partial charge in [-0.15, -0.1) is 0 Å². The van der Waals surface area contributed by atoms with Crippen LogP contribution in [0, 0.1) is 0 Å². The largest absolute Gasteiger partial charge is 0.462 e. The van der Waals surface area contributed by atoms with Crippen LogP contribution in [0.25, 0.3) is 0 Å². The summed E-state index contributed by atoms with van der Waals surface area (Å²) in [5.74, 6) is -0.996. The molecule has 0 aliphatic carbocycles. The van der Waals surface area contributed by atoms with Gasteiger partial charge in [-0.25, -0.2) is 0 Å². The number of esters is 3. The molecule has 6 heteroatoms. The average molecular weight is 962 g/mol. The molecule has 0 heterocycles. The Morgan fingerprint density at radius 3 is 0.928 bits per heavy atom. The summed E-state index contributed by atoms with van der Waals surface area (Å²) < 4.78 is 16.8. The number of ether oxygens (including phenoxy) is 3. The van der Waals surface area contributed by atoms with Crippen LogP contribution >= 0.6 is 0 Å². The van der Waals surface area contributed by atoms with E-state index in [1.54, 1.807) is 0 Å². The number of hydrogen-bond acceptors (Lipinski definition) is 6. The van der Waals surface area contributed by atoms with Crippen molar-refractivity contribution in [3.8, 4) is 0 Å². The molecule has 69 heavy (non-hydrogen) atoms. The molecule has 0 bridgehead atoms. The first kappa shape index (κ1) is 65.6. The molecule has 0 saturated carbocycles. The zero-order valence-electron chi connectivity index (χ0n) is 45.3. The maximum Gasteiger partial charge on any atom is 0.306 e. The molecule has 0 fully saturated rings. The molecule has 0 aromatic heterocycles. The van der Waals surface area contributed by atoms with E-state index in [2.05, 4.69) is 99.8 Å². The normalized spacial score (nSPS) is 12.7. The lowest BCUT2D eigenvalue weighted by atomic mass is 10.0. The summed E-state index contributed by atoms with van der Waals surface area (Å²) in [6, 6.07) is 0. The summed E-state index contributed by atoms with van der Waals surface area (Å²) in [7, 11) is 0. The van der Waals surface area contributed by atoms with Crippen LogP contribution in [-0.4, -0.2) is 37.2 Å². The molecular weight excluding hydrogens is 853 g/mol. The van der Waals surface area contributed by atoms with E-state index in [1.165, 1.54) is 141 Å².